The van der Waals surface area contributed by atoms with E-state index in [2.05, 4.69) is 15.0 Å². The van der Waals surface area contributed by atoms with E-state index in [1.54, 1.807) is 36.5 Å². The Kier molecular flexibility index (Phi) is 5.95. The number of rotatable bonds is 4. The minimum Gasteiger partial charge on any atom is -0.322 e. The third-order valence-corrected chi connectivity index (χ3v) is 7.39. The van der Waals surface area contributed by atoms with Crippen LogP contribution in [-0.4, -0.2) is 32.4 Å². The van der Waals surface area contributed by atoms with Crippen molar-refractivity contribution >= 4 is 49.9 Å². The van der Waals surface area contributed by atoms with Crippen molar-refractivity contribution in [1.29, 1.82) is 0 Å². The van der Waals surface area contributed by atoms with Crippen LogP contribution in [0.5, 0.6) is 0 Å². The van der Waals surface area contributed by atoms with E-state index in [-0.39, 0.29) is 5.91 Å². The molecule has 0 aliphatic carbocycles. The topological polar surface area (TPSA) is 91.4 Å². The molecular formula is C25H21ClN4O3S. The van der Waals surface area contributed by atoms with Gasteiger partial charge in [0.2, 0.25) is 0 Å². The molecule has 3 aromatic carbocycles. The molecule has 1 amide bonds. The maximum atomic E-state index is 12.9. The van der Waals surface area contributed by atoms with E-state index in [0.29, 0.717) is 41.5 Å². The van der Waals surface area contributed by atoms with Gasteiger partial charge in [0.25, 0.3) is 5.91 Å². The summed E-state index contributed by atoms with van der Waals surface area (Å²) in [7, 11) is -3.55. The molecule has 5 rings (SSSR count). The van der Waals surface area contributed by atoms with Gasteiger partial charge in [-0.1, -0.05) is 35.9 Å². The van der Waals surface area contributed by atoms with Crippen LogP contribution in [0.2, 0.25) is 5.02 Å². The number of hydrogen-bond donors (Lipinski definition) is 2. The van der Waals surface area contributed by atoms with Gasteiger partial charge in [-0.25, -0.2) is 0 Å². The Balaban J connectivity index is 1.40. The summed E-state index contributed by atoms with van der Waals surface area (Å²) in [6.07, 6.45) is 2.46. The van der Waals surface area contributed by atoms with Gasteiger partial charge in [0.1, 0.15) is 0 Å². The first-order chi connectivity index (χ1) is 16.4. The Hall–Kier alpha value is -3.46. The molecule has 2 heterocycles. The fourth-order valence-electron chi connectivity index (χ4n) is 4.02. The van der Waals surface area contributed by atoms with Gasteiger partial charge in [0.05, 0.1) is 11.4 Å². The number of hydrogen-bond acceptors (Lipinski definition) is 4. The highest BCUT2D eigenvalue weighted by Crippen LogP contribution is 2.31. The lowest BCUT2D eigenvalue weighted by Crippen LogP contribution is -2.47. The Morgan fingerprint density at radius 2 is 1.82 bits per heavy atom. The number of halogens is 1. The SMILES string of the molecule is O=C(Nc1cc(Cl)cc(-c2nccc3ccccc23)c1)c1ccc(N2CCCNS2(=O)=O)cc1. The maximum absolute atomic E-state index is 12.9. The third kappa shape index (κ3) is 4.48. The molecule has 2 N–H and O–H groups in total. The van der Waals surface area contributed by atoms with Crippen molar-refractivity contribution in [2.24, 2.45) is 0 Å². The largest absolute Gasteiger partial charge is 0.322 e. The van der Waals surface area contributed by atoms with E-state index < -0.39 is 10.2 Å². The van der Waals surface area contributed by atoms with Gasteiger partial charge in [-0.3, -0.25) is 14.1 Å². The van der Waals surface area contributed by atoms with Gasteiger partial charge in [0, 0.05) is 46.5 Å². The molecule has 0 unspecified atom stereocenters. The maximum Gasteiger partial charge on any atom is 0.301 e. The van der Waals surface area contributed by atoms with Gasteiger partial charge in [-0.2, -0.15) is 13.1 Å². The zero-order valence-corrected chi connectivity index (χ0v) is 19.6. The molecule has 1 fully saturated rings. The highest BCUT2D eigenvalue weighted by molar-refractivity contribution is 7.90. The normalized spacial score (nSPS) is 15.3. The molecule has 9 heteroatoms. The summed E-state index contributed by atoms with van der Waals surface area (Å²) < 4.78 is 28.3. The van der Waals surface area contributed by atoms with Crippen molar-refractivity contribution in [3.63, 3.8) is 0 Å². The summed E-state index contributed by atoms with van der Waals surface area (Å²) in [5, 5.41) is 5.40. The van der Waals surface area contributed by atoms with Gasteiger partial charge in [-0.15, -0.1) is 0 Å². The van der Waals surface area contributed by atoms with Crippen molar-refractivity contribution in [1.82, 2.24) is 9.71 Å². The van der Waals surface area contributed by atoms with Crippen molar-refractivity contribution in [2.75, 3.05) is 22.7 Å². The lowest BCUT2D eigenvalue weighted by molar-refractivity contribution is 0.102. The fraction of sp³-hybridized carbons (Fsp3) is 0.120. The van der Waals surface area contributed by atoms with Gasteiger partial charge in [-0.05, 0) is 60.3 Å². The second-order valence-electron chi connectivity index (χ2n) is 7.94. The minimum atomic E-state index is -3.55. The minimum absolute atomic E-state index is 0.328. The molecule has 0 radical (unpaired) electrons. The van der Waals surface area contributed by atoms with Crippen LogP contribution in [0.1, 0.15) is 16.8 Å². The summed E-state index contributed by atoms with van der Waals surface area (Å²) in [6.45, 7) is 0.823. The number of pyridine rings is 1. The zero-order chi connectivity index (χ0) is 23.7. The molecule has 1 aromatic heterocycles. The Bertz CT molecular complexity index is 1480. The number of nitrogens with zero attached hydrogens (tertiary/aromatic N) is 2. The molecule has 0 spiro atoms. The standard InChI is InChI=1S/C25H21ClN4O3S/c26-20-14-19(24-23-5-2-1-4-17(23)10-12-27-24)15-21(16-20)29-25(31)18-6-8-22(9-7-18)30-13-3-11-28-34(30,32)33/h1-2,4-10,12,14-16,28H,3,11,13H2,(H,29,31). The van der Waals surface area contributed by atoms with E-state index in [9.17, 15) is 13.2 Å². The first kappa shape index (κ1) is 22.3. The lowest BCUT2D eigenvalue weighted by Gasteiger charge is -2.28. The van der Waals surface area contributed by atoms with Crippen LogP contribution in [0.3, 0.4) is 0 Å². The number of benzene rings is 3. The molecule has 7 nitrogen and oxygen atoms in total. The van der Waals surface area contributed by atoms with Crippen LogP contribution in [-0.2, 0) is 10.2 Å². The van der Waals surface area contributed by atoms with E-state index >= 15 is 0 Å². The number of carbonyl (C=O) groups excluding carboxylic acids is 1. The smallest absolute Gasteiger partial charge is 0.301 e. The molecule has 4 aromatic rings. The molecule has 0 bridgehead atoms. The van der Waals surface area contributed by atoms with Gasteiger partial charge >= 0.3 is 10.2 Å². The van der Waals surface area contributed by atoms with Gasteiger partial charge in [0.15, 0.2) is 0 Å². The van der Waals surface area contributed by atoms with Crippen LogP contribution in [0.25, 0.3) is 22.0 Å². The average Bonchev–Trinajstić information content (AvgIpc) is 2.83. The predicted octanol–water partition coefficient (Wildman–Crippen LogP) is 4.85. The fourth-order valence-corrected chi connectivity index (χ4v) is 5.58. The van der Waals surface area contributed by atoms with Crippen LogP contribution >= 0.6 is 11.6 Å². The highest BCUT2D eigenvalue weighted by atomic mass is 35.5. The molecule has 1 aliphatic rings. The third-order valence-electron chi connectivity index (χ3n) is 5.63. The van der Waals surface area contributed by atoms with Crippen molar-refractivity contribution in [3.8, 4) is 11.3 Å². The predicted molar refractivity (Wildman–Crippen MR) is 135 cm³/mol. The molecular weight excluding hydrogens is 472 g/mol. The van der Waals surface area contributed by atoms with E-state index in [4.69, 9.17) is 11.6 Å². The van der Waals surface area contributed by atoms with E-state index in [0.717, 1.165) is 22.0 Å². The number of fused-ring (bicyclic) bond motifs is 1. The summed E-state index contributed by atoms with van der Waals surface area (Å²) >= 11 is 6.37. The number of carbonyl (C=O) groups is 1. The summed E-state index contributed by atoms with van der Waals surface area (Å²) in [5.74, 6) is -0.328. The van der Waals surface area contributed by atoms with E-state index in [1.165, 1.54) is 4.31 Å². The first-order valence-electron chi connectivity index (χ1n) is 10.7. The zero-order valence-electron chi connectivity index (χ0n) is 18.0. The molecule has 1 saturated heterocycles. The number of amides is 1. The lowest BCUT2D eigenvalue weighted by atomic mass is 10.0. The average molecular weight is 493 g/mol. The van der Waals surface area contributed by atoms with Crippen LogP contribution in [0.15, 0.2) is 79.0 Å². The molecule has 172 valence electrons. The molecule has 0 saturated carbocycles. The Morgan fingerprint density at radius 1 is 1.03 bits per heavy atom. The highest BCUT2D eigenvalue weighted by Gasteiger charge is 2.25. The quantitative estimate of drug-likeness (QED) is 0.426. The van der Waals surface area contributed by atoms with Gasteiger partial charge < -0.3 is 5.32 Å². The second-order valence-corrected chi connectivity index (χ2v) is 10.1. The van der Waals surface area contributed by atoms with Crippen molar-refractivity contribution in [3.05, 3.63) is 89.6 Å². The Morgan fingerprint density at radius 3 is 2.62 bits per heavy atom. The van der Waals surface area contributed by atoms with E-state index in [1.807, 2.05) is 42.5 Å². The molecule has 1 aliphatic heterocycles. The van der Waals surface area contributed by atoms with Crippen LogP contribution in [0, 0.1) is 0 Å². The van der Waals surface area contributed by atoms with Crippen LogP contribution in [0.4, 0.5) is 11.4 Å². The monoisotopic (exact) mass is 492 g/mol. The number of nitrogens with one attached hydrogen (secondary N) is 2. The van der Waals surface area contributed by atoms with Crippen molar-refractivity contribution in [2.45, 2.75) is 6.42 Å². The molecule has 34 heavy (non-hydrogen) atoms. The summed E-state index contributed by atoms with van der Waals surface area (Å²) in [6, 6.07) is 21.7. The Labute approximate surface area is 202 Å². The van der Waals surface area contributed by atoms with Crippen LogP contribution < -0.4 is 14.3 Å². The second kappa shape index (κ2) is 9.06. The molecule has 0 atom stereocenters. The number of anilines is 2. The first-order valence-corrected chi connectivity index (χ1v) is 12.6. The summed E-state index contributed by atoms with van der Waals surface area (Å²) in [4.78, 5) is 17.4. The summed E-state index contributed by atoms with van der Waals surface area (Å²) in [5.41, 5.74) is 3.01. The van der Waals surface area contributed by atoms with Crippen molar-refractivity contribution < 1.29 is 13.2 Å². The number of aromatic nitrogens is 1.